The molecule has 5 aromatic carbocycles. The van der Waals surface area contributed by atoms with Crippen LogP contribution in [0, 0.1) is 29.3 Å². The average Bonchev–Trinajstić information content (AvgIpc) is 3.57. The maximum Gasteiger partial charge on any atom is 0.130 e. The number of aromatic nitrogens is 3. The minimum Gasteiger partial charge on any atom is -0.500 e. The van der Waals surface area contributed by atoms with Crippen LogP contribution in [0.3, 0.4) is 0 Å². The van der Waals surface area contributed by atoms with Crippen molar-refractivity contribution in [1.82, 2.24) is 15.0 Å². The predicted molar refractivity (Wildman–Crippen MR) is 215 cm³/mol. The van der Waals surface area contributed by atoms with Crippen LogP contribution in [0.4, 0.5) is 4.39 Å². The molecule has 0 unspecified atom stereocenters. The van der Waals surface area contributed by atoms with E-state index in [1.807, 2.05) is 60.8 Å². The number of nitrogens with zero attached hydrogens (tertiary/aromatic N) is 4. The summed E-state index contributed by atoms with van der Waals surface area (Å²) >= 11 is 0. The van der Waals surface area contributed by atoms with Crippen LogP contribution in [0.1, 0.15) is 58.4 Å². The molecule has 8 rings (SSSR count). The summed E-state index contributed by atoms with van der Waals surface area (Å²) in [5.41, 5.74) is 11.2. The van der Waals surface area contributed by atoms with E-state index in [4.69, 9.17) is 4.42 Å². The number of rotatable bonds is 4. The first kappa shape index (κ1) is 38.9. The van der Waals surface area contributed by atoms with E-state index in [-0.39, 0.29) is 36.8 Å². The summed E-state index contributed by atoms with van der Waals surface area (Å²) in [6.07, 6.45) is 3.46. The van der Waals surface area contributed by atoms with Gasteiger partial charge < -0.3 is 9.40 Å². The quantitative estimate of drug-likeness (QED) is 0.165. The zero-order valence-electron chi connectivity index (χ0n) is 31.5. The first-order chi connectivity index (χ1) is 25.9. The van der Waals surface area contributed by atoms with Gasteiger partial charge in [0.1, 0.15) is 11.9 Å². The zero-order valence-corrected chi connectivity index (χ0v) is 33.9. The summed E-state index contributed by atoms with van der Waals surface area (Å²) in [4.78, 5) is 13.4. The second kappa shape index (κ2) is 15.9. The molecule has 275 valence electrons. The Morgan fingerprint density at radius 2 is 1.38 bits per heavy atom. The molecule has 55 heavy (non-hydrogen) atoms. The number of furan rings is 1. The van der Waals surface area contributed by atoms with E-state index in [2.05, 4.69) is 117 Å². The number of halogens is 1. The number of hydrogen-bond acceptors (Lipinski definition) is 5. The number of fused-ring (bicyclic) bond motifs is 3. The fourth-order valence-electron chi connectivity index (χ4n) is 6.30. The van der Waals surface area contributed by atoms with Crippen molar-refractivity contribution in [2.24, 2.45) is 0 Å². The molecule has 0 spiro atoms. The molecule has 3 aromatic heterocycles. The van der Waals surface area contributed by atoms with Gasteiger partial charge in [-0.2, -0.15) is 5.26 Å². The van der Waals surface area contributed by atoms with E-state index < -0.39 is 0 Å². The van der Waals surface area contributed by atoms with E-state index >= 15 is 0 Å². The van der Waals surface area contributed by atoms with Crippen LogP contribution in [-0.4, -0.2) is 15.0 Å². The van der Waals surface area contributed by atoms with E-state index in [1.165, 1.54) is 17.7 Å². The Labute approximate surface area is 335 Å². The van der Waals surface area contributed by atoms with Crippen molar-refractivity contribution in [2.45, 2.75) is 52.4 Å². The van der Waals surface area contributed by atoms with Crippen LogP contribution in [0.15, 0.2) is 132 Å². The summed E-state index contributed by atoms with van der Waals surface area (Å²) in [5, 5.41) is 11.9. The molecule has 0 amide bonds. The average molecular weight is 899 g/mol. The Kier molecular flexibility index (Phi) is 11.2. The van der Waals surface area contributed by atoms with Gasteiger partial charge in [-0.1, -0.05) is 131 Å². The van der Waals surface area contributed by atoms with Crippen molar-refractivity contribution in [3.63, 3.8) is 0 Å². The Morgan fingerprint density at radius 3 is 2.02 bits per heavy atom. The Balaban J connectivity index is 0.000000241. The van der Waals surface area contributed by atoms with Crippen LogP contribution < -0.4 is 0 Å². The van der Waals surface area contributed by atoms with E-state index in [1.54, 1.807) is 12.4 Å². The molecule has 7 heteroatoms. The Bertz CT molecular complexity index is 2610. The van der Waals surface area contributed by atoms with Gasteiger partial charge in [0.15, 0.2) is 0 Å². The monoisotopic (exact) mass is 899 g/mol. The molecule has 1 radical (unpaired) electrons. The largest absolute Gasteiger partial charge is 0.500 e. The van der Waals surface area contributed by atoms with Crippen LogP contribution in [0.25, 0.3) is 66.7 Å². The molecule has 5 nitrogen and oxygen atoms in total. The van der Waals surface area contributed by atoms with Gasteiger partial charge >= 0.3 is 0 Å². The van der Waals surface area contributed by atoms with Crippen molar-refractivity contribution in [3.8, 4) is 50.8 Å². The second-order valence-corrected chi connectivity index (χ2v) is 15.3. The first-order valence-corrected chi connectivity index (χ1v) is 17.8. The molecular formula is C48H39FIrN4O-2. The van der Waals surface area contributed by atoms with Crippen LogP contribution in [-0.2, 0) is 30.9 Å². The van der Waals surface area contributed by atoms with Crippen molar-refractivity contribution >= 4 is 21.9 Å². The van der Waals surface area contributed by atoms with Gasteiger partial charge in [-0.15, -0.1) is 48.0 Å². The fourth-order valence-corrected chi connectivity index (χ4v) is 6.30. The third-order valence-electron chi connectivity index (χ3n) is 9.37. The molecule has 0 aliphatic carbocycles. The maximum absolute atomic E-state index is 12.8. The van der Waals surface area contributed by atoms with E-state index in [9.17, 15) is 9.65 Å². The predicted octanol–water partition coefficient (Wildman–Crippen LogP) is 12.3. The summed E-state index contributed by atoms with van der Waals surface area (Å²) < 4.78 is 19.3. The van der Waals surface area contributed by atoms with E-state index in [0.717, 1.165) is 61.2 Å². The van der Waals surface area contributed by atoms with Crippen LogP contribution >= 0.6 is 0 Å². The number of benzene rings is 5. The van der Waals surface area contributed by atoms with Crippen molar-refractivity contribution < 1.29 is 28.9 Å². The summed E-state index contributed by atoms with van der Waals surface area (Å²) in [6, 6.07) is 45.3. The fraction of sp³-hybridized carbons (Fsp3) is 0.167. The van der Waals surface area contributed by atoms with Crippen LogP contribution in [0.2, 0.25) is 0 Å². The molecule has 0 saturated heterocycles. The summed E-state index contributed by atoms with van der Waals surface area (Å²) in [7, 11) is 0. The van der Waals surface area contributed by atoms with Gasteiger partial charge in [0, 0.05) is 54.2 Å². The topological polar surface area (TPSA) is 75.6 Å². The van der Waals surface area contributed by atoms with Gasteiger partial charge in [-0.3, -0.25) is 9.37 Å². The van der Waals surface area contributed by atoms with Crippen LogP contribution in [0.5, 0.6) is 0 Å². The molecule has 0 N–H and O–H groups in total. The number of pyridine rings is 1. The number of nitriles is 1. The zero-order chi connectivity index (χ0) is 38.0. The Hall–Kier alpha value is -5.80. The molecule has 0 saturated carbocycles. The second-order valence-electron chi connectivity index (χ2n) is 15.3. The Morgan fingerprint density at radius 1 is 0.673 bits per heavy atom. The minimum atomic E-state index is -0.278. The van der Waals surface area contributed by atoms with Crippen molar-refractivity contribution in [3.05, 3.63) is 163 Å². The van der Waals surface area contributed by atoms with Crippen molar-refractivity contribution in [2.75, 3.05) is 0 Å². The molecule has 0 aliphatic heterocycles. The minimum absolute atomic E-state index is 0. The number of hydrogen-bond donors (Lipinski definition) is 0. The molecule has 8 aromatic rings. The maximum atomic E-state index is 12.8. The SMILES string of the molecule is CC(C)(C)c1cc(-c2[c-]ccc3c2oc2c(-c4ccc(-c5ccccc5)cc4)c(C#N)ccc23)ncn1.CC(C)(C)c1ccc(-c2[c-]cc(F)cc2)nc1.[Ir]. The summed E-state index contributed by atoms with van der Waals surface area (Å²) in [6.45, 7) is 12.8. The molecule has 0 fully saturated rings. The third-order valence-corrected chi connectivity index (χ3v) is 9.37. The van der Waals surface area contributed by atoms with E-state index in [0.29, 0.717) is 16.7 Å². The smallest absolute Gasteiger partial charge is 0.130 e. The van der Waals surface area contributed by atoms with Gasteiger partial charge in [-0.25, -0.2) is 4.98 Å². The van der Waals surface area contributed by atoms with Crippen molar-refractivity contribution in [1.29, 1.82) is 5.26 Å². The molecule has 0 bridgehead atoms. The normalized spacial score (nSPS) is 11.4. The molecular weight excluding hydrogens is 860 g/mol. The van der Waals surface area contributed by atoms with Gasteiger partial charge in [0.05, 0.1) is 17.2 Å². The van der Waals surface area contributed by atoms with Gasteiger partial charge in [-0.05, 0) is 45.1 Å². The summed E-state index contributed by atoms with van der Waals surface area (Å²) in [5.74, 6) is -0.278. The molecule has 0 aliphatic rings. The molecule has 3 heterocycles. The standard InChI is InChI=1S/C33H24N3O.C15H15FN.Ir/c1-33(2,3)29-18-28(35-20-36-29)27-11-7-10-25-26-17-16-24(19-34)30(32(26)37-31(25)27)23-14-12-22(13-15-23)21-8-5-4-6-9-21;1-15(2,3)12-6-9-14(17-10-12)11-4-7-13(16)8-5-11;/h4-10,12-18,20H,1-3H3;4,6-10H,1-3H3;/q2*-1;. The molecule has 0 atom stereocenters. The van der Waals surface area contributed by atoms with Gasteiger partial charge in [0.25, 0.3) is 0 Å². The first-order valence-electron chi connectivity index (χ1n) is 17.8. The third kappa shape index (κ3) is 8.32. The van der Waals surface area contributed by atoms with Gasteiger partial charge in [0.2, 0.25) is 0 Å².